The average Bonchev–Trinajstić information content (AvgIpc) is 2.33. The van der Waals surface area contributed by atoms with E-state index in [0.717, 1.165) is 18.7 Å². The number of hydrogen-bond acceptors (Lipinski definition) is 2. The molecule has 1 aromatic rings. The van der Waals surface area contributed by atoms with Crippen molar-refractivity contribution in [1.82, 2.24) is 5.32 Å². The Balaban J connectivity index is 2.82. The van der Waals surface area contributed by atoms with Gasteiger partial charge >= 0.3 is 0 Å². The first-order chi connectivity index (χ1) is 9.23. The summed E-state index contributed by atoms with van der Waals surface area (Å²) in [5, 5.41) is 3.63. The second-order valence-corrected chi connectivity index (χ2v) is 7.15. The number of benzene rings is 1. The molecular weight excluding hydrogens is 246 g/mol. The summed E-state index contributed by atoms with van der Waals surface area (Å²) in [6.45, 7) is 14.4. The first-order valence-electron chi connectivity index (χ1n) is 7.61. The third-order valence-corrected chi connectivity index (χ3v) is 3.76. The van der Waals surface area contributed by atoms with Crippen LogP contribution < -0.4 is 10.1 Å². The zero-order valence-electron chi connectivity index (χ0n) is 14.2. The highest BCUT2D eigenvalue weighted by Crippen LogP contribution is 2.25. The van der Waals surface area contributed by atoms with Gasteiger partial charge in [0.15, 0.2) is 0 Å². The van der Waals surface area contributed by atoms with Gasteiger partial charge in [0.1, 0.15) is 5.75 Å². The molecule has 20 heavy (non-hydrogen) atoms. The van der Waals surface area contributed by atoms with E-state index in [9.17, 15) is 0 Å². The SMILES string of the molecule is COc1ccc(C)cc1CC(CNC(C)(C)C)C(C)C. The number of ether oxygens (including phenoxy) is 1. The van der Waals surface area contributed by atoms with E-state index in [1.54, 1.807) is 7.11 Å². The van der Waals surface area contributed by atoms with E-state index in [-0.39, 0.29) is 5.54 Å². The molecule has 1 N–H and O–H groups in total. The molecule has 0 aliphatic carbocycles. The molecule has 0 radical (unpaired) electrons. The summed E-state index contributed by atoms with van der Waals surface area (Å²) in [7, 11) is 1.76. The van der Waals surface area contributed by atoms with Crippen molar-refractivity contribution in [3.63, 3.8) is 0 Å². The highest BCUT2D eigenvalue weighted by Gasteiger charge is 2.19. The van der Waals surface area contributed by atoms with Crippen LogP contribution in [0.3, 0.4) is 0 Å². The molecule has 2 heteroatoms. The van der Waals surface area contributed by atoms with Crippen LogP contribution in [0.15, 0.2) is 18.2 Å². The molecule has 1 rings (SSSR count). The van der Waals surface area contributed by atoms with E-state index in [0.29, 0.717) is 11.8 Å². The maximum absolute atomic E-state index is 5.51. The Hall–Kier alpha value is -1.02. The zero-order chi connectivity index (χ0) is 15.3. The number of rotatable bonds is 6. The van der Waals surface area contributed by atoms with Gasteiger partial charge < -0.3 is 10.1 Å². The van der Waals surface area contributed by atoms with Crippen molar-refractivity contribution < 1.29 is 4.74 Å². The summed E-state index contributed by atoms with van der Waals surface area (Å²) in [4.78, 5) is 0. The van der Waals surface area contributed by atoms with Gasteiger partial charge in [-0.3, -0.25) is 0 Å². The lowest BCUT2D eigenvalue weighted by atomic mass is 9.87. The highest BCUT2D eigenvalue weighted by molar-refractivity contribution is 5.37. The topological polar surface area (TPSA) is 21.3 Å². The summed E-state index contributed by atoms with van der Waals surface area (Å²) in [5.74, 6) is 2.28. The Labute approximate surface area is 124 Å². The van der Waals surface area contributed by atoms with Crippen LogP contribution in [-0.4, -0.2) is 19.2 Å². The van der Waals surface area contributed by atoms with Gasteiger partial charge in [-0.2, -0.15) is 0 Å². The average molecular weight is 277 g/mol. The molecule has 0 fully saturated rings. The van der Waals surface area contributed by atoms with Gasteiger partial charge in [0.25, 0.3) is 0 Å². The quantitative estimate of drug-likeness (QED) is 0.841. The Morgan fingerprint density at radius 2 is 1.85 bits per heavy atom. The molecule has 0 aliphatic rings. The fourth-order valence-electron chi connectivity index (χ4n) is 2.33. The van der Waals surface area contributed by atoms with Crippen LogP contribution in [0, 0.1) is 18.8 Å². The van der Waals surface area contributed by atoms with Crippen molar-refractivity contribution in [3.8, 4) is 5.75 Å². The third-order valence-electron chi connectivity index (χ3n) is 3.76. The van der Waals surface area contributed by atoms with Crippen molar-refractivity contribution in [2.45, 2.75) is 53.5 Å². The van der Waals surface area contributed by atoms with Crippen molar-refractivity contribution >= 4 is 0 Å². The highest BCUT2D eigenvalue weighted by atomic mass is 16.5. The lowest BCUT2D eigenvalue weighted by Gasteiger charge is -2.28. The number of aryl methyl sites for hydroxylation is 1. The first kappa shape index (κ1) is 17.0. The second kappa shape index (κ2) is 7.12. The van der Waals surface area contributed by atoms with Gasteiger partial charge in [0.2, 0.25) is 0 Å². The Kier molecular flexibility index (Phi) is 6.07. The molecule has 0 bridgehead atoms. The second-order valence-electron chi connectivity index (χ2n) is 7.15. The molecule has 0 aliphatic heterocycles. The number of nitrogens with one attached hydrogen (secondary N) is 1. The Bertz CT molecular complexity index is 418. The largest absolute Gasteiger partial charge is 0.496 e. The fraction of sp³-hybridized carbons (Fsp3) is 0.667. The van der Waals surface area contributed by atoms with Gasteiger partial charge in [0.05, 0.1) is 7.11 Å². The van der Waals surface area contributed by atoms with Gasteiger partial charge in [-0.15, -0.1) is 0 Å². The van der Waals surface area contributed by atoms with Crippen molar-refractivity contribution in [3.05, 3.63) is 29.3 Å². The Morgan fingerprint density at radius 3 is 2.35 bits per heavy atom. The van der Waals surface area contributed by atoms with E-state index in [2.05, 4.69) is 65.1 Å². The summed E-state index contributed by atoms with van der Waals surface area (Å²) >= 11 is 0. The fourth-order valence-corrected chi connectivity index (χ4v) is 2.33. The van der Waals surface area contributed by atoms with Crippen LogP contribution >= 0.6 is 0 Å². The predicted molar refractivity (Wildman–Crippen MR) is 87.5 cm³/mol. The lowest BCUT2D eigenvalue weighted by Crippen LogP contribution is -2.40. The molecule has 2 nitrogen and oxygen atoms in total. The monoisotopic (exact) mass is 277 g/mol. The van der Waals surface area contributed by atoms with Crippen molar-refractivity contribution in [2.75, 3.05) is 13.7 Å². The van der Waals surface area contributed by atoms with E-state index in [4.69, 9.17) is 4.74 Å². The number of methoxy groups -OCH3 is 1. The zero-order valence-corrected chi connectivity index (χ0v) is 14.2. The van der Waals surface area contributed by atoms with Crippen LogP contribution in [0.1, 0.15) is 45.7 Å². The molecule has 114 valence electrons. The number of hydrogen-bond donors (Lipinski definition) is 1. The molecule has 0 heterocycles. The van der Waals surface area contributed by atoms with Gasteiger partial charge in [-0.25, -0.2) is 0 Å². The molecule has 0 amide bonds. The maximum Gasteiger partial charge on any atom is 0.122 e. The third kappa shape index (κ3) is 5.54. The minimum absolute atomic E-state index is 0.170. The molecule has 1 atom stereocenters. The summed E-state index contributed by atoms with van der Waals surface area (Å²) in [6.07, 6.45) is 1.06. The molecule has 0 spiro atoms. The lowest BCUT2D eigenvalue weighted by molar-refractivity contribution is 0.308. The van der Waals surface area contributed by atoms with Crippen LogP contribution in [0.25, 0.3) is 0 Å². The van der Waals surface area contributed by atoms with Crippen LogP contribution in [0.2, 0.25) is 0 Å². The van der Waals surface area contributed by atoms with Gasteiger partial charge in [-0.05, 0) is 64.1 Å². The van der Waals surface area contributed by atoms with Crippen LogP contribution in [0.5, 0.6) is 5.75 Å². The molecule has 0 aromatic heterocycles. The normalized spacial score (nSPS) is 13.6. The van der Waals surface area contributed by atoms with Gasteiger partial charge in [-0.1, -0.05) is 31.5 Å². The van der Waals surface area contributed by atoms with Crippen LogP contribution in [0.4, 0.5) is 0 Å². The summed E-state index contributed by atoms with van der Waals surface area (Å²) < 4.78 is 5.51. The summed E-state index contributed by atoms with van der Waals surface area (Å²) in [5.41, 5.74) is 2.79. The van der Waals surface area contributed by atoms with Gasteiger partial charge in [0, 0.05) is 5.54 Å². The van der Waals surface area contributed by atoms with E-state index in [1.807, 2.05) is 0 Å². The van der Waals surface area contributed by atoms with Crippen LogP contribution in [-0.2, 0) is 6.42 Å². The van der Waals surface area contributed by atoms with Crippen molar-refractivity contribution in [2.24, 2.45) is 11.8 Å². The molecule has 1 unspecified atom stereocenters. The Morgan fingerprint density at radius 1 is 1.20 bits per heavy atom. The molecular formula is C18H31NO. The van der Waals surface area contributed by atoms with E-state index in [1.165, 1.54) is 11.1 Å². The van der Waals surface area contributed by atoms with E-state index >= 15 is 0 Å². The van der Waals surface area contributed by atoms with E-state index < -0.39 is 0 Å². The first-order valence-corrected chi connectivity index (χ1v) is 7.61. The smallest absolute Gasteiger partial charge is 0.122 e. The molecule has 1 aromatic carbocycles. The molecule has 0 saturated carbocycles. The minimum Gasteiger partial charge on any atom is -0.496 e. The van der Waals surface area contributed by atoms with Crippen molar-refractivity contribution in [1.29, 1.82) is 0 Å². The predicted octanol–water partition coefficient (Wildman–Crippen LogP) is 4.21. The minimum atomic E-state index is 0.170. The molecule has 0 saturated heterocycles. The summed E-state index contributed by atoms with van der Waals surface area (Å²) in [6, 6.07) is 6.45. The standard InChI is InChI=1S/C18H31NO/c1-13(2)16(12-19-18(4,5)6)11-15-10-14(3)8-9-17(15)20-7/h8-10,13,16,19H,11-12H2,1-7H3. The maximum atomic E-state index is 5.51.